The molecule has 0 saturated heterocycles. The Morgan fingerprint density at radius 3 is 2.66 bits per heavy atom. The monoisotopic (exact) mass is 498 g/mol. The van der Waals surface area contributed by atoms with Gasteiger partial charge < -0.3 is 10.1 Å². The van der Waals surface area contributed by atoms with Crippen molar-refractivity contribution < 1.29 is 9.66 Å². The predicted octanol–water partition coefficient (Wildman–Crippen LogP) is 6.70. The molecule has 1 N–H and O–H groups in total. The van der Waals surface area contributed by atoms with Gasteiger partial charge in [0.15, 0.2) is 0 Å². The van der Waals surface area contributed by atoms with Crippen LogP contribution in [0.2, 0.25) is 0 Å². The van der Waals surface area contributed by atoms with Crippen molar-refractivity contribution in [2.24, 2.45) is 17.3 Å². The minimum Gasteiger partial charge on any atom is -0.497 e. The number of non-ortho nitro benzene ring substituents is 1. The summed E-state index contributed by atoms with van der Waals surface area (Å²) in [7, 11) is 1.75. The number of fused-ring (bicyclic) bond motifs is 5. The first-order valence-electron chi connectivity index (χ1n) is 11.7. The molecule has 0 heterocycles. The maximum absolute atomic E-state index is 11.0. The summed E-state index contributed by atoms with van der Waals surface area (Å²) in [5, 5.41) is 14.8. The van der Waals surface area contributed by atoms with Crippen molar-refractivity contribution in [1.82, 2.24) is 0 Å². The fraction of sp³-hybridized carbons (Fsp3) is 0.538. The van der Waals surface area contributed by atoms with Gasteiger partial charge in [0.05, 0.1) is 12.0 Å². The van der Waals surface area contributed by atoms with Crippen LogP contribution in [0.3, 0.4) is 0 Å². The molecule has 32 heavy (non-hydrogen) atoms. The van der Waals surface area contributed by atoms with Crippen LogP contribution in [0.4, 0.5) is 11.4 Å². The van der Waals surface area contributed by atoms with Gasteiger partial charge >= 0.3 is 0 Å². The van der Waals surface area contributed by atoms with E-state index in [4.69, 9.17) is 4.74 Å². The second kappa shape index (κ2) is 8.36. The van der Waals surface area contributed by atoms with Gasteiger partial charge in [-0.15, -0.1) is 0 Å². The Balaban J connectivity index is 1.40. The number of halogens is 1. The average molecular weight is 499 g/mol. The van der Waals surface area contributed by atoms with Crippen molar-refractivity contribution in [2.75, 3.05) is 12.4 Å². The molecule has 2 aromatic rings. The molecule has 2 aromatic carbocycles. The zero-order chi connectivity index (χ0) is 22.5. The molecule has 6 heteroatoms. The number of benzene rings is 2. The third-order valence-electron chi connectivity index (χ3n) is 8.59. The summed E-state index contributed by atoms with van der Waals surface area (Å²) in [6.07, 6.45) is 7.11. The van der Waals surface area contributed by atoms with Crippen LogP contribution in [-0.4, -0.2) is 22.9 Å². The van der Waals surface area contributed by atoms with Crippen LogP contribution in [0.5, 0.6) is 5.75 Å². The molecule has 0 radical (unpaired) electrons. The summed E-state index contributed by atoms with van der Waals surface area (Å²) >= 11 is 3.98. The van der Waals surface area contributed by atoms with E-state index in [9.17, 15) is 10.1 Å². The largest absolute Gasteiger partial charge is 0.497 e. The van der Waals surface area contributed by atoms with Crippen LogP contribution >= 0.6 is 15.9 Å². The Kier molecular flexibility index (Phi) is 5.68. The van der Waals surface area contributed by atoms with Crippen molar-refractivity contribution in [2.45, 2.75) is 62.2 Å². The van der Waals surface area contributed by atoms with E-state index in [2.05, 4.69) is 46.4 Å². The molecular weight excluding hydrogens is 468 g/mol. The van der Waals surface area contributed by atoms with E-state index in [1.54, 1.807) is 24.8 Å². The maximum atomic E-state index is 11.0. The van der Waals surface area contributed by atoms with Crippen LogP contribution in [0, 0.1) is 27.4 Å². The van der Waals surface area contributed by atoms with E-state index in [1.807, 2.05) is 12.1 Å². The van der Waals surface area contributed by atoms with E-state index in [-0.39, 0.29) is 16.0 Å². The first-order chi connectivity index (χ1) is 15.4. The molecule has 3 aliphatic carbocycles. The van der Waals surface area contributed by atoms with Crippen LogP contribution < -0.4 is 10.1 Å². The minimum absolute atomic E-state index is 0.139. The number of methoxy groups -OCH3 is 1. The molecule has 2 saturated carbocycles. The van der Waals surface area contributed by atoms with Crippen molar-refractivity contribution >= 4 is 27.3 Å². The van der Waals surface area contributed by atoms with Gasteiger partial charge in [-0.05, 0) is 97.1 Å². The lowest BCUT2D eigenvalue weighted by Crippen LogP contribution is -2.55. The first kappa shape index (κ1) is 21.7. The number of hydrogen-bond donors (Lipinski definition) is 1. The van der Waals surface area contributed by atoms with Crippen LogP contribution in [-0.2, 0) is 6.42 Å². The highest BCUT2D eigenvalue weighted by atomic mass is 79.9. The molecule has 0 aromatic heterocycles. The Bertz CT molecular complexity index is 1010. The number of ether oxygens (including phenoxy) is 1. The third-order valence-corrected chi connectivity index (χ3v) is 9.34. The number of hydrogen-bond acceptors (Lipinski definition) is 4. The van der Waals surface area contributed by atoms with Gasteiger partial charge in [-0.3, -0.25) is 10.1 Å². The molecule has 5 nitrogen and oxygen atoms in total. The zero-order valence-electron chi connectivity index (χ0n) is 18.7. The van der Waals surface area contributed by atoms with E-state index in [0.29, 0.717) is 28.6 Å². The molecular formula is C26H31BrN2O3. The summed E-state index contributed by atoms with van der Waals surface area (Å²) in [4.78, 5) is 11.2. The van der Waals surface area contributed by atoms with Crippen molar-refractivity contribution in [1.29, 1.82) is 0 Å². The quantitative estimate of drug-likeness (QED) is 0.289. The molecule has 3 aliphatic rings. The highest BCUT2D eigenvalue weighted by molar-refractivity contribution is 9.09. The van der Waals surface area contributed by atoms with Gasteiger partial charge in [0.2, 0.25) is 0 Å². The summed E-state index contributed by atoms with van der Waals surface area (Å²) in [5.41, 5.74) is 4.35. The molecule has 6 atom stereocenters. The Labute approximate surface area is 198 Å². The second-order valence-corrected chi connectivity index (χ2v) is 11.4. The number of nitro groups is 1. The Hall–Kier alpha value is -2.08. The van der Waals surface area contributed by atoms with Crippen molar-refractivity contribution in [3.05, 3.63) is 63.7 Å². The molecule has 170 valence electrons. The first-order valence-corrected chi connectivity index (χ1v) is 12.6. The third kappa shape index (κ3) is 3.70. The normalized spacial score (nSPS) is 33.4. The standard InChI is InChI=1S/C26H31BrN2O3/c1-26-12-11-22-21-10-8-20(32-2)13-16(21)3-9-23(22)24(26)14-17(27)15-25(26)28-18-4-6-19(7-5-18)29(30)31/h4-8,10,13,17,22-25,28H,3,9,11-12,14-15H2,1-2H3/t17-,22+,23+,24-,25-,26-/m0/s1. The van der Waals surface area contributed by atoms with Gasteiger partial charge in [0, 0.05) is 28.7 Å². The lowest BCUT2D eigenvalue weighted by atomic mass is 9.49. The topological polar surface area (TPSA) is 64.4 Å². The fourth-order valence-electron chi connectivity index (χ4n) is 6.91. The smallest absolute Gasteiger partial charge is 0.269 e. The molecule has 5 rings (SSSR count). The molecule has 0 amide bonds. The number of nitrogens with one attached hydrogen (secondary N) is 1. The van der Waals surface area contributed by atoms with Crippen molar-refractivity contribution in [3.8, 4) is 5.75 Å². The number of nitrogens with zero attached hydrogens (tertiary/aromatic N) is 1. The van der Waals surface area contributed by atoms with Gasteiger partial charge in [-0.1, -0.05) is 28.9 Å². The van der Waals surface area contributed by atoms with E-state index in [0.717, 1.165) is 24.3 Å². The summed E-state index contributed by atoms with van der Waals surface area (Å²) in [5.74, 6) is 2.97. The summed E-state index contributed by atoms with van der Waals surface area (Å²) in [6, 6.07) is 13.9. The van der Waals surface area contributed by atoms with Crippen LogP contribution in [0.1, 0.15) is 56.1 Å². The van der Waals surface area contributed by atoms with Crippen LogP contribution in [0.25, 0.3) is 0 Å². The molecule has 0 unspecified atom stereocenters. The lowest BCUT2D eigenvalue weighted by molar-refractivity contribution is -0.384. The molecule has 0 bridgehead atoms. The Morgan fingerprint density at radius 2 is 1.94 bits per heavy atom. The summed E-state index contributed by atoms with van der Waals surface area (Å²) < 4.78 is 5.47. The van der Waals surface area contributed by atoms with Gasteiger partial charge in [-0.25, -0.2) is 0 Å². The second-order valence-electron chi connectivity index (χ2n) is 10.1. The number of anilines is 1. The molecule has 0 spiro atoms. The van der Waals surface area contributed by atoms with E-state index in [1.165, 1.54) is 31.2 Å². The average Bonchev–Trinajstić information content (AvgIpc) is 2.79. The van der Waals surface area contributed by atoms with Gasteiger partial charge in [0.1, 0.15) is 5.75 Å². The number of nitro benzene ring substituents is 1. The van der Waals surface area contributed by atoms with E-state index < -0.39 is 0 Å². The highest BCUT2D eigenvalue weighted by Crippen LogP contribution is 2.60. The zero-order valence-corrected chi connectivity index (χ0v) is 20.3. The van der Waals surface area contributed by atoms with Gasteiger partial charge in [-0.2, -0.15) is 0 Å². The minimum atomic E-state index is -0.339. The van der Waals surface area contributed by atoms with E-state index >= 15 is 0 Å². The van der Waals surface area contributed by atoms with Crippen LogP contribution in [0.15, 0.2) is 42.5 Å². The fourth-order valence-corrected chi connectivity index (χ4v) is 7.69. The molecule has 2 fully saturated rings. The number of aryl methyl sites for hydroxylation is 1. The predicted molar refractivity (Wildman–Crippen MR) is 131 cm³/mol. The Morgan fingerprint density at radius 1 is 1.16 bits per heavy atom. The highest BCUT2D eigenvalue weighted by Gasteiger charge is 2.54. The van der Waals surface area contributed by atoms with Crippen molar-refractivity contribution in [3.63, 3.8) is 0 Å². The van der Waals surface area contributed by atoms with Gasteiger partial charge in [0.25, 0.3) is 5.69 Å². The number of rotatable bonds is 4. The molecule has 0 aliphatic heterocycles. The SMILES string of the molecule is COc1ccc2c(c1)CC[C@@H]1[C@@H]2CC[C@]2(C)[C@@H](Nc3ccc([N+](=O)[O-])cc3)C[C@@H](Br)C[C@@H]12. The maximum Gasteiger partial charge on any atom is 0.269 e. The number of alkyl halides is 1. The summed E-state index contributed by atoms with van der Waals surface area (Å²) in [6.45, 7) is 2.49. The lowest BCUT2D eigenvalue weighted by Gasteiger charge is -2.58.